The molecule has 0 atom stereocenters. The molecule has 0 spiro atoms. The zero-order valence-corrected chi connectivity index (χ0v) is 34.7. The van der Waals surface area contributed by atoms with Gasteiger partial charge < -0.3 is 71.1 Å². The van der Waals surface area contributed by atoms with Crippen LogP contribution in [-0.2, 0) is 80.6 Å². The molecule has 0 aromatic carbocycles. The molecule has 55 heavy (non-hydrogen) atoms. The Morgan fingerprint density at radius 3 is 0.509 bits per heavy atom. The van der Waals surface area contributed by atoms with E-state index in [1.54, 1.807) is 0 Å². The van der Waals surface area contributed by atoms with Gasteiger partial charge >= 0.3 is 11.9 Å². The van der Waals surface area contributed by atoms with Gasteiger partial charge in [-0.2, -0.15) is 0 Å². The second-order valence-corrected chi connectivity index (χ2v) is 13.6. The predicted octanol–water partition coefficient (Wildman–Crippen LogP) is 2.67. The summed E-state index contributed by atoms with van der Waals surface area (Å²) in [5.74, 6) is -0.538. The minimum Gasteiger partial charge on any atom is -0.460 e. The summed E-state index contributed by atoms with van der Waals surface area (Å²) in [6, 6.07) is 0. The second kappa shape index (κ2) is 39.3. The normalized spacial score (nSPS) is 12.0. The molecule has 0 radical (unpaired) electrons. The van der Waals surface area contributed by atoms with Crippen molar-refractivity contribution >= 4 is 11.9 Å². The van der Waals surface area contributed by atoms with Crippen molar-refractivity contribution in [2.45, 2.75) is 65.6 Å². The van der Waals surface area contributed by atoms with Crippen LogP contribution in [0.15, 0.2) is 0 Å². The fourth-order valence-corrected chi connectivity index (χ4v) is 3.84. The maximum absolute atomic E-state index is 11.6. The molecular weight excluding hydrogens is 728 g/mol. The zero-order valence-electron chi connectivity index (χ0n) is 34.7. The summed E-state index contributed by atoms with van der Waals surface area (Å²) in [4.78, 5) is 23.2. The van der Waals surface area contributed by atoms with Crippen molar-refractivity contribution in [3.8, 4) is 0 Å². The monoisotopic (exact) mass is 802 g/mol. The van der Waals surface area contributed by atoms with Crippen LogP contribution in [0.5, 0.6) is 0 Å². The molecule has 0 aromatic heterocycles. The average molecular weight is 803 g/mol. The molecule has 0 aromatic rings. The smallest absolute Gasteiger partial charge is 0.308 e. The van der Waals surface area contributed by atoms with Gasteiger partial charge in [-0.15, -0.1) is 0 Å². The lowest BCUT2D eigenvalue weighted by atomic mass is 10.2. The minimum absolute atomic E-state index is 0.227. The first-order chi connectivity index (χ1) is 26.5. The third-order valence-corrected chi connectivity index (χ3v) is 6.21. The van der Waals surface area contributed by atoms with Crippen LogP contribution in [0, 0.1) is 0 Å². The van der Waals surface area contributed by atoms with Crippen molar-refractivity contribution in [2.75, 3.05) is 172 Å². The first-order valence-corrected chi connectivity index (χ1v) is 19.4. The first-order valence-electron chi connectivity index (χ1n) is 19.4. The molecule has 0 bridgehead atoms. The van der Waals surface area contributed by atoms with Crippen LogP contribution >= 0.6 is 0 Å². The summed E-state index contributed by atoms with van der Waals surface area (Å²) in [5.41, 5.74) is -0.958. The first kappa shape index (κ1) is 53.4. The van der Waals surface area contributed by atoms with Crippen LogP contribution in [0.25, 0.3) is 0 Å². The van der Waals surface area contributed by atoms with Crippen LogP contribution in [-0.4, -0.2) is 195 Å². The van der Waals surface area contributed by atoms with E-state index in [0.717, 1.165) is 0 Å². The van der Waals surface area contributed by atoms with Crippen molar-refractivity contribution in [2.24, 2.45) is 0 Å². The van der Waals surface area contributed by atoms with Gasteiger partial charge in [0.15, 0.2) is 0 Å². The molecule has 328 valence electrons. The lowest BCUT2D eigenvalue weighted by Crippen LogP contribution is -2.24. The van der Waals surface area contributed by atoms with Gasteiger partial charge in [-0.3, -0.25) is 9.59 Å². The number of rotatable bonds is 42. The van der Waals surface area contributed by atoms with E-state index in [2.05, 4.69) is 0 Å². The molecule has 0 fully saturated rings. The van der Waals surface area contributed by atoms with Crippen LogP contribution < -0.4 is 0 Å². The Hall–Kier alpha value is -1.58. The second-order valence-electron chi connectivity index (χ2n) is 13.6. The Balaban J connectivity index is 3.13. The number of hydrogen-bond acceptors (Lipinski definition) is 17. The van der Waals surface area contributed by atoms with E-state index < -0.39 is 11.2 Å². The van der Waals surface area contributed by atoms with Gasteiger partial charge in [0.05, 0.1) is 185 Å². The van der Waals surface area contributed by atoms with Gasteiger partial charge in [-0.25, -0.2) is 0 Å². The lowest BCUT2D eigenvalue weighted by molar-refractivity contribution is -0.157. The van der Waals surface area contributed by atoms with Crippen LogP contribution in [0.2, 0.25) is 0 Å². The summed E-state index contributed by atoms with van der Waals surface area (Å²) >= 11 is 0. The summed E-state index contributed by atoms with van der Waals surface area (Å²) < 4.78 is 81.3. The molecule has 0 aliphatic carbocycles. The molecule has 17 nitrogen and oxygen atoms in total. The van der Waals surface area contributed by atoms with Crippen molar-refractivity contribution < 1.29 is 80.6 Å². The van der Waals surface area contributed by atoms with Crippen molar-refractivity contribution in [1.29, 1.82) is 0 Å². The summed E-state index contributed by atoms with van der Waals surface area (Å²) in [7, 11) is 0. The Labute approximate surface area is 329 Å². The topological polar surface area (TPSA) is 173 Å². The van der Waals surface area contributed by atoms with E-state index in [9.17, 15) is 9.59 Å². The van der Waals surface area contributed by atoms with E-state index in [1.807, 2.05) is 41.5 Å². The van der Waals surface area contributed by atoms with Gasteiger partial charge in [0.2, 0.25) is 0 Å². The van der Waals surface area contributed by atoms with E-state index in [4.69, 9.17) is 71.1 Å². The van der Waals surface area contributed by atoms with E-state index in [1.165, 1.54) is 0 Å². The quantitative estimate of drug-likeness (QED) is 0.0651. The number of ether oxygens (including phenoxy) is 15. The Morgan fingerprint density at radius 1 is 0.255 bits per heavy atom. The molecule has 0 N–H and O–H groups in total. The van der Waals surface area contributed by atoms with Crippen LogP contribution in [0.4, 0.5) is 0 Å². The maximum Gasteiger partial charge on any atom is 0.308 e. The molecule has 17 heteroatoms. The Morgan fingerprint density at radius 2 is 0.382 bits per heavy atom. The molecule has 0 unspecified atom stereocenters. The number of carbonyl (C=O) groups excluding carboxylic acids is 2. The predicted molar refractivity (Wildman–Crippen MR) is 202 cm³/mol. The van der Waals surface area contributed by atoms with Gasteiger partial charge in [0.1, 0.15) is 11.2 Å². The van der Waals surface area contributed by atoms with Gasteiger partial charge in [0.25, 0.3) is 0 Å². The van der Waals surface area contributed by atoms with Crippen molar-refractivity contribution in [1.82, 2.24) is 0 Å². The molecule has 0 aliphatic heterocycles. The van der Waals surface area contributed by atoms with E-state index in [-0.39, 0.29) is 24.8 Å². The number of hydrogen-bond donors (Lipinski definition) is 0. The fourth-order valence-electron chi connectivity index (χ4n) is 3.84. The molecular formula is C38H74O17. The minimum atomic E-state index is -0.479. The Kier molecular flexibility index (Phi) is 38.1. The maximum atomic E-state index is 11.6. The van der Waals surface area contributed by atoms with E-state index >= 15 is 0 Å². The van der Waals surface area contributed by atoms with Crippen molar-refractivity contribution in [3.05, 3.63) is 0 Å². The fraction of sp³-hybridized carbons (Fsp3) is 0.947. The lowest BCUT2D eigenvalue weighted by Gasteiger charge is -2.19. The summed E-state index contributed by atoms with van der Waals surface area (Å²) in [6.45, 7) is 22.9. The molecule has 0 heterocycles. The summed E-state index contributed by atoms with van der Waals surface area (Å²) in [5, 5.41) is 0. The molecule has 0 amide bonds. The highest BCUT2D eigenvalue weighted by molar-refractivity contribution is 5.70. The highest BCUT2D eigenvalue weighted by atomic mass is 16.6. The third kappa shape index (κ3) is 48.5. The molecule has 0 saturated carbocycles. The van der Waals surface area contributed by atoms with Crippen LogP contribution in [0.3, 0.4) is 0 Å². The molecule has 0 aliphatic rings. The standard InChI is InChI=1S/C38H74O17/c1-37(2,3)54-35(39)7-9-41-11-13-43-15-17-45-19-21-47-23-25-49-27-29-51-31-33-53-34-32-52-30-28-50-26-24-48-22-20-46-18-16-44-14-12-42-10-8-36(40)55-38(4,5)6/h7-34H2,1-6H3. The number of carbonyl (C=O) groups is 2. The zero-order chi connectivity index (χ0) is 40.6. The highest BCUT2D eigenvalue weighted by Crippen LogP contribution is 2.09. The average Bonchev–Trinajstić information content (AvgIpc) is 3.10. The largest absolute Gasteiger partial charge is 0.460 e. The number of esters is 2. The highest BCUT2D eigenvalue weighted by Gasteiger charge is 2.16. The third-order valence-electron chi connectivity index (χ3n) is 6.21. The Bertz CT molecular complexity index is 769. The van der Waals surface area contributed by atoms with Gasteiger partial charge in [-0.05, 0) is 41.5 Å². The molecule has 0 saturated heterocycles. The van der Waals surface area contributed by atoms with Crippen LogP contribution in [0.1, 0.15) is 54.4 Å². The summed E-state index contributed by atoms with van der Waals surface area (Å²) in [6.07, 6.45) is 0.454. The van der Waals surface area contributed by atoms with Gasteiger partial charge in [0, 0.05) is 0 Å². The van der Waals surface area contributed by atoms with Crippen molar-refractivity contribution in [3.63, 3.8) is 0 Å². The van der Waals surface area contributed by atoms with Gasteiger partial charge in [-0.1, -0.05) is 0 Å². The van der Waals surface area contributed by atoms with E-state index in [0.29, 0.717) is 172 Å². The molecule has 0 rings (SSSR count). The SMILES string of the molecule is CC(C)(C)OC(=O)CCOCCOCCOCCOCCOCCOCCOCCOCCOCCOCCOCCOCCOCCC(=O)OC(C)(C)C.